The van der Waals surface area contributed by atoms with Crippen molar-refractivity contribution in [2.45, 2.75) is 46.4 Å². The van der Waals surface area contributed by atoms with E-state index in [1.54, 1.807) is 18.5 Å². The van der Waals surface area contributed by atoms with E-state index in [2.05, 4.69) is 89.7 Å². The molecule has 0 fully saturated rings. The largest absolute Gasteiger partial charge is 0.501 e. The average molecular weight is 827 g/mol. The number of imidazole rings is 1. The van der Waals surface area contributed by atoms with E-state index in [9.17, 15) is 4.39 Å². The molecule has 8 aromatic rings. The van der Waals surface area contributed by atoms with Crippen LogP contribution in [0.4, 0.5) is 4.39 Å². The fourth-order valence-electron chi connectivity index (χ4n) is 5.96. The van der Waals surface area contributed by atoms with Crippen LogP contribution >= 0.6 is 0 Å². The molecular formula is C41H34FIrN5O-2. The van der Waals surface area contributed by atoms with E-state index < -0.39 is 6.85 Å². The molecule has 0 bridgehead atoms. The summed E-state index contributed by atoms with van der Waals surface area (Å²) >= 11 is 0. The molecule has 0 unspecified atom stereocenters. The van der Waals surface area contributed by atoms with Gasteiger partial charge < -0.3 is 14.0 Å². The van der Waals surface area contributed by atoms with Crippen LogP contribution in [-0.4, -0.2) is 24.5 Å². The molecule has 247 valence electrons. The van der Waals surface area contributed by atoms with Crippen molar-refractivity contribution in [3.8, 4) is 28.3 Å². The summed E-state index contributed by atoms with van der Waals surface area (Å²) in [4.78, 5) is 17.9. The fraction of sp³-hybridized carbons (Fsp3) is 0.171. The second-order valence-corrected chi connectivity index (χ2v) is 12.1. The molecule has 0 atom stereocenters. The number of fused-ring (bicyclic) bond motifs is 4. The quantitative estimate of drug-likeness (QED) is 0.162. The number of hydrogen-bond acceptors (Lipinski definition) is 5. The molecule has 6 nitrogen and oxygen atoms in total. The van der Waals surface area contributed by atoms with Crippen LogP contribution in [0.1, 0.15) is 60.3 Å². The first-order valence-electron chi connectivity index (χ1n) is 17.3. The van der Waals surface area contributed by atoms with E-state index in [4.69, 9.17) is 13.5 Å². The SMILES string of the molecule is CC(C)c1cccc(C(C)C)c1-n1c(-c2[c-]ccc3c2oc2ccccc23)nc2ncncc21.[2H]C([2H])([2H])c1ccc(-c2[c-]cc(F)cc2)nc1.[Ir]. The molecule has 4 heterocycles. The van der Waals surface area contributed by atoms with Gasteiger partial charge in [-0.05, 0) is 47.1 Å². The van der Waals surface area contributed by atoms with Crippen LogP contribution in [0.25, 0.3) is 61.4 Å². The van der Waals surface area contributed by atoms with Gasteiger partial charge in [-0.1, -0.05) is 87.2 Å². The van der Waals surface area contributed by atoms with Gasteiger partial charge in [0.1, 0.15) is 17.4 Å². The standard InChI is InChI=1S/C29H25N4O.C12H9FN.Ir/c1-17(2)19-10-7-11-20(18(3)4)26(19)33-24-15-30-16-31-28(24)32-29(33)23-13-8-12-22-21-9-5-6-14-25(21)34-27(22)23;1-9-2-7-12(14-8-9)10-3-5-11(13)6-4-10;/h5-12,14-18H,1-4H3;2-3,5-8H,1H3;/q2*-1;/i;1D3;. The maximum absolute atomic E-state index is 12.7. The molecule has 0 aliphatic carbocycles. The molecule has 0 N–H and O–H groups in total. The summed E-state index contributed by atoms with van der Waals surface area (Å²) in [5, 5.41) is 2.14. The number of benzene rings is 4. The van der Waals surface area contributed by atoms with Gasteiger partial charge in [0.05, 0.1) is 17.6 Å². The molecule has 8 rings (SSSR count). The molecule has 0 aliphatic heterocycles. The minimum Gasteiger partial charge on any atom is -0.501 e. The molecule has 4 aromatic heterocycles. The van der Waals surface area contributed by atoms with Gasteiger partial charge >= 0.3 is 0 Å². The Labute approximate surface area is 302 Å². The van der Waals surface area contributed by atoms with Gasteiger partial charge in [-0.2, -0.15) is 0 Å². The summed E-state index contributed by atoms with van der Waals surface area (Å²) in [6, 6.07) is 32.0. The number of halogens is 1. The van der Waals surface area contributed by atoms with Crippen LogP contribution < -0.4 is 0 Å². The van der Waals surface area contributed by atoms with Crippen molar-refractivity contribution < 1.29 is 33.0 Å². The van der Waals surface area contributed by atoms with Crippen molar-refractivity contribution in [3.63, 3.8) is 0 Å². The molecule has 49 heavy (non-hydrogen) atoms. The van der Waals surface area contributed by atoms with Crippen LogP contribution in [0.5, 0.6) is 0 Å². The molecule has 0 saturated heterocycles. The van der Waals surface area contributed by atoms with Crippen molar-refractivity contribution in [1.29, 1.82) is 0 Å². The summed E-state index contributed by atoms with van der Waals surface area (Å²) in [7, 11) is 0. The molecule has 1 radical (unpaired) electrons. The summed E-state index contributed by atoms with van der Waals surface area (Å²) in [6.07, 6.45) is 4.70. The average Bonchev–Trinajstić information content (AvgIpc) is 3.70. The molecule has 0 aliphatic rings. The minimum atomic E-state index is -2.15. The predicted octanol–water partition coefficient (Wildman–Crippen LogP) is 10.4. The van der Waals surface area contributed by atoms with Crippen LogP contribution in [0.2, 0.25) is 0 Å². The number of rotatable bonds is 5. The van der Waals surface area contributed by atoms with E-state index >= 15 is 0 Å². The Morgan fingerprint density at radius 2 is 1.63 bits per heavy atom. The van der Waals surface area contributed by atoms with Crippen molar-refractivity contribution in [2.24, 2.45) is 0 Å². The second-order valence-electron chi connectivity index (χ2n) is 12.1. The van der Waals surface area contributed by atoms with E-state index in [-0.39, 0.29) is 31.5 Å². The Morgan fingerprint density at radius 3 is 2.33 bits per heavy atom. The monoisotopic (exact) mass is 827 g/mol. The van der Waals surface area contributed by atoms with Gasteiger partial charge in [-0.3, -0.25) is 9.37 Å². The van der Waals surface area contributed by atoms with Crippen LogP contribution in [0.15, 0.2) is 108 Å². The first-order valence-corrected chi connectivity index (χ1v) is 15.8. The zero-order valence-electron chi connectivity index (χ0n) is 30.3. The Hall–Kier alpha value is -5.04. The van der Waals surface area contributed by atoms with Crippen LogP contribution in [0, 0.1) is 24.8 Å². The maximum atomic E-state index is 12.7. The third kappa shape index (κ3) is 6.54. The number of hydrogen-bond donors (Lipinski definition) is 0. The third-order valence-electron chi connectivity index (χ3n) is 8.28. The molecule has 4 aromatic carbocycles. The zero-order chi connectivity index (χ0) is 35.9. The number of aromatic nitrogens is 5. The Bertz CT molecular complexity index is 2460. The fourth-order valence-corrected chi connectivity index (χ4v) is 5.96. The number of nitrogens with zero attached hydrogens (tertiary/aromatic N) is 5. The molecule has 0 saturated carbocycles. The topological polar surface area (TPSA) is 69.6 Å². The van der Waals surface area contributed by atoms with Crippen molar-refractivity contribution in [1.82, 2.24) is 24.5 Å². The number of para-hydroxylation sites is 2. The third-order valence-corrected chi connectivity index (χ3v) is 8.28. The van der Waals surface area contributed by atoms with Gasteiger partial charge in [0, 0.05) is 47.3 Å². The van der Waals surface area contributed by atoms with Gasteiger partial charge in [-0.15, -0.1) is 48.0 Å². The molecule has 0 spiro atoms. The van der Waals surface area contributed by atoms with Gasteiger partial charge in [-0.25, -0.2) is 9.97 Å². The van der Waals surface area contributed by atoms with Crippen molar-refractivity contribution in [2.75, 3.05) is 0 Å². The van der Waals surface area contributed by atoms with Gasteiger partial charge in [0.15, 0.2) is 5.65 Å². The van der Waals surface area contributed by atoms with Gasteiger partial charge in [0.25, 0.3) is 0 Å². The number of aryl methyl sites for hydroxylation is 1. The first kappa shape index (κ1) is 30.0. The van der Waals surface area contributed by atoms with Crippen LogP contribution in [0.3, 0.4) is 0 Å². The summed E-state index contributed by atoms with van der Waals surface area (Å²) in [5.74, 6) is 1.05. The summed E-state index contributed by atoms with van der Waals surface area (Å²) in [5.41, 5.74) is 9.01. The van der Waals surface area contributed by atoms with Gasteiger partial charge in [0.2, 0.25) is 0 Å². The Balaban J connectivity index is 0.000000218. The maximum Gasteiger partial charge on any atom is 0.171 e. The van der Waals surface area contributed by atoms with E-state index in [0.29, 0.717) is 28.7 Å². The van der Waals surface area contributed by atoms with E-state index in [0.717, 1.165) is 44.5 Å². The second kappa shape index (κ2) is 14.2. The Morgan fingerprint density at radius 1 is 0.837 bits per heavy atom. The van der Waals surface area contributed by atoms with Crippen LogP contribution in [-0.2, 0) is 20.1 Å². The van der Waals surface area contributed by atoms with E-state index in [1.807, 2.05) is 30.5 Å². The normalized spacial score (nSPS) is 12.4. The Kier molecular flexibility index (Phi) is 8.71. The summed E-state index contributed by atoms with van der Waals surface area (Å²) < 4.78 is 42.9. The summed E-state index contributed by atoms with van der Waals surface area (Å²) in [6.45, 7) is 6.75. The smallest absolute Gasteiger partial charge is 0.171 e. The molecular weight excluding hydrogens is 790 g/mol. The number of furan rings is 1. The minimum absolute atomic E-state index is 0. The van der Waals surface area contributed by atoms with Crippen molar-refractivity contribution in [3.05, 3.63) is 138 Å². The first-order chi connectivity index (χ1) is 24.5. The number of pyridine rings is 1. The zero-order valence-corrected chi connectivity index (χ0v) is 29.7. The molecule has 8 heteroatoms. The van der Waals surface area contributed by atoms with E-state index in [1.165, 1.54) is 35.5 Å². The van der Waals surface area contributed by atoms with Crippen molar-refractivity contribution >= 4 is 33.1 Å². The molecule has 0 amide bonds. The predicted molar refractivity (Wildman–Crippen MR) is 190 cm³/mol.